The summed E-state index contributed by atoms with van der Waals surface area (Å²) in [4.78, 5) is 0. The van der Waals surface area contributed by atoms with E-state index in [1.54, 1.807) is 19.2 Å². The lowest BCUT2D eigenvalue weighted by Crippen LogP contribution is -2.15. The Morgan fingerprint density at radius 1 is 1.33 bits per heavy atom. The van der Waals surface area contributed by atoms with Crippen LogP contribution >= 0.6 is 15.9 Å². The first kappa shape index (κ1) is 15.6. The zero-order valence-corrected chi connectivity index (χ0v) is 12.0. The number of methoxy groups -OCH3 is 1. The maximum Gasteiger partial charge on any atom is 0.137 e. The maximum absolute atomic E-state index is 13.3. The molecule has 0 spiro atoms. The van der Waals surface area contributed by atoms with Crippen LogP contribution in [0.5, 0.6) is 0 Å². The van der Waals surface area contributed by atoms with Crippen LogP contribution in [0, 0.1) is 5.82 Å². The van der Waals surface area contributed by atoms with Crippen LogP contribution in [-0.2, 0) is 15.9 Å². The summed E-state index contributed by atoms with van der Waals surface area (Å²) < 4.78 is 23.8. The van der Waals surface area contributed by atoms with Gasteiger partial charge in [0, 0.05) is 13.7 Å². The predicted octanol–water partition coefficient (Wildman–Crippen LogP) is 2.54. The molecule has 0 heterocycles. The van der Waals surface area contributed by atoms with Gasteiger partial charge in [-0.25, -0.2) is 4.39 Å². The minimum atomic E-state index is -0.536. The molecule has 18 heavy (non-hydrogen) atoms. The van der Waals surface area contributed by atoms with Crippen molar-refractivity contribution in [2.75, 3.05) is 26.9 Å². The Morgan fingerprint density at radius 2 is 2.11 bits per heavy atom. The number of aliphatic hydroxyl groups is 1. The molecule has 0 aliphatic rings. The first-order chi connectivity index (χ1) is 8.65. The Morgan fingerprint density at radius 3 is 2.83 bits per heavy atom. The van der Waals surface area contributed by atoms with Crippen LogP contribution in [-0.4, -0.2) is 38.1 Å². The average Bonchev–Trinajstić information content (AvgIpc) is 2.35. The van der Waals surface area contributed by atoms with Gasteiger partial charge in [-0.15, -0.1) is 0 Å². The SMILES string of the molecule is COCCOCCC(O)Cc1cccc(F)c1Br. The molecule has 0 fully saturated rings. The number of benzene rings is 1. The number of halogens is 2. The van der Waals surface area contributed by atoms with Gasteiger partial charge < -0.3 is 14.6 Å². The van der Waals surface area contributed by atoms with Gasteiger partial charge in [-0.3, -0.25) is 0 Å². The molecule has 1 N–H and O–H groups in total. The standard InChI is InChI=1S/C13H18BrFO3/c1-17-7-8-18-6-5-11(16)9-10-3-2-4-12(15)13(10)14/h2-4,11,16H,5-9H2,1H3. The van der Waals surface area contributed by atoms with Gasteiger partial charge in [-0.2, -0.15) is 0 Å². The zero-order chi connectivity index (χ0) is 13.4. The predicted molar refractivity (Wildman–Crippen MR) is 71.1 cm³/mol. The van der Waals surface area contributed by atoms with Gasteiger partial charge in [0.05, 0.1) is 23.8 Å². The molecule has 0 bridgehead atoms. The Bertz CT molecular complexity index is 360. The number of rotatable bonds is 8. The monoisotopic (exact) mass is 320 g/mol. The molecular weight excluding hydrogens is 303 g/mol. The normalized spacial score (nSPS) is 12.7. The summed E-state index contributed by atoms with van der Waals surface area (Å²) in [6.45, 7) is 1.54. The van der Waals surface area contributed by atoms with Crippen molar-refractivity contribution in [1.29, 1.82) is 0 Å². The molecule has 3 nitrogen and oxygen atoms in total. The third kappa shape index (κ3) is 5.44. The number of hydrogen-bond donors (Lipinski definition) is 1. The van der Waals surface area contributed by atoms with Crippen LogP contribution in [0.25, 0.3) is 0 Å². The molecule has 1 aromatic carbocycles. The highest BCUT2D eigenvalue weighted by atomic mass is 79.9. The van der Waals surface area contributed by atoms with E-state index in [-0.39, 0.29) is 5.82 Å². The second kappa shape index (κ2) is 8.58. The lowest BCUT2D eigenvalue weighted by atomic mass is 10.1. The van der Waals surface area contributed by atoms with Crippen molar-refractivity contribution in [3.63, 3.8) is 0 Å². The van der Waals surface area contributed by atoms with Crippen molar-refractivity contribution in [3.05, 3.63) is 34.1 Å². The second-order valence-corrected chi connectivity index (χ2v) is 4.76. The molecule has 1 rings (SSSR count). The van der Waals surface area contributed by atoms with Crippen LogP contribution in [0.4, 0.5) is 4.39 Å². The fourth-order valence-corrected chi connectivity index (χ4v) is 1.95. The van der Waals surface area contributed by atoms with Crippen molar-refractivity contribution < 1.29 is 19.0 Å². The molecule has 0 aliphatic carbocycles. The van der Waals surface area contributed by atoms with Gasteiger partial charge in [0.2, 0.25) is 0 Å². The molecule has 1 atom stereocenters. The van der Waals surface area contributed by atoms with Gasteiger partial charge >= 0.3 is 0 Å². The van der Waals surface area contributed by atoms with Crippen molar-refractivity contribution in [2.24, 2.45) is 0 Å². The Kier molecular flexibility index (Phi) is 7.42. The first-order valence-electron chi connectivity index (χ1n) is 5.82. The largest absolute Gasteiger partial charge is 0.393 e. The van der Waals surface area contributed by atoms with Gasteiger partial charge in [-0.05, 0) is 40.4 Å². The molecule has 102 valence electrons. The summed E-state index contributed by atoms with van der Waals surface area (Å²) >= 11 is 3.18. The number of hydrogen-bond acceptors (Lipinski definition) is 3. The number of ether oxygens (including phenoxy) is 2. The van der Waals surface area contributed by atoms with Crippen molar-refractivity contribution in [2.45, 2.75) is 18.9 Å². The van der Waals surface area contributed by atoms with Gasteiger partial charge in [0.1, 0.15) is 5.82 Å². The van der Waals surface area contributed by atoms with Crippen LogP contribution < -0.4 is 0 Å². The molecular formula is C13H18BrFO3. The van der Waals surface area contributed by atoms with E-state index in [9.17, 15) is 9.50 Å². The molecule has 0 aromatic heterocycles. The van der Waals surface area contributed by atoms with E-state index in [1.807, 2.05) is 0 Å². The van der Waals surface area contributed by atoms with Crippen molar-refractivity contribution in [3.8, 4) is 0 Å². The summed E-state index contributed by atoms with van der Waals surface area (Å²) in [6, 6.07) is 4.81. The topological polar surface area (TPSA) is 38.7 Å². The lowest BCUT2D eigenvalue weighted by molar-refractivity contribution is 0.0478. The molecule has 0 aliphatic heterocycles. The van der Waals surface area contributed by atoms with E-state index in [1.165, 1.54) is 6.07 Å². The highest BCUT2D eigenvalue weighted by Crippen LogP contribution is 2.22. The Labute approximate surface area is 115 Å². The summed E-state index contributed by atoms with van der Waals surface area (Å²) in [6.07, 6.45) is 0.393. The summed E-state index contributed by atoms with van der Waals surface area (Å²) in [7, 11) is 1.61. The summed E-state index contributed by atoms with van der Waals surface area (Å²) in [5.74, 6) is -0.309. The minimum absolute atomic E-state index is 0.309. The molecule has 5 heteroatoms. The third-order valence-electron chi connectivity index (χ3n) is 2.51. The van der Waals surface area contributed by atoms with E-state index in [0.29, 0.717) is 37.1 Å². The highest BCUT2D eigenvalue weighted by molar-refractivity contribution is 9.10. The van der Waals surface area contributed by atoms with E-state index >= 15 is 0 Å². The first-order valence-corrected chi connectivity index (χ1v) is 6.62. The summed E-state index contributed by atoms with van der Waals surface area (Å²) in [5.41, 5.74) is 0.763. The molecule has 1 aromatic rings. The Hall–Kier alpha value is -0.490. The van der Waals surface area contributed by atoms with E-state index in [4.69, 9.17) is 9.47 Å². The maximum atomic E-state index is 13.3. The zero-order valence-electron chi connectivity index (χ0n) is 10.4. The van der Waals surface area contributed by atoms with Crippen LogP contribution in [0.15, 0.2) is 22.7 Å². The molecule has 0 amide bonds. The van der Waals surface area contributed by atoms with Crippen LogP contribution in [0.2, 0.25) is 0 Å². The van der Waals surface area contributed by atoms with Crippen molar-refractivity contribution in [1.82, 2.24) is 0 Å². The molecule has 1 unspecified atom stereocenters. The van der Waals surface area contributed by atoms with Gasteiger partial charge in [0.15, 0.2) is 0 Å². The lowest BCUT2D eigenvalue weighted by Gasteiger charge is -2.12. The molecule has 0 radical (unpaired) electrons. The molecule has 0 saturated heterocycles. The smallest absolute Gasteiger partial charge is 0.137 e. The summed E-state index contributed by atoms with van der Waals surface area (Å²) in [5, 5.41) is 9.82. The molecule has 0 saturated carbocycles. The second-order valence-electron chi connectivity index (χ2n) is 3.96. The van der Waals surface area contributed by atoms with E-state index in [0.717, 1.165) is 5.56 Å². The average molecular weight is 321 g/mol. The minimum Gasteiger partial charge on any atom is -0.393 e. The van der Waals surface area contributed by atoms with Crippen LogP contribution in [0.1, 0.15) is 12.0 Å². The van der Waals surface area contributed by atoms with Crippen molar-refractivity contribution >= 4 is 15.9 Å². The fourth-order valence-electron chi connectivity index (χ4n) is 1.53. The van der Waals surface area contributed by atoms with Crippen LogP contribution in [0.3, 0.4) is 0 Å². The highest BCUT2D eigenvalue weighted by Gasteiger charge is 2.10. The number of aliphatic hydroxyl groups excluding tert-OH is 1. The van der Waals surface area contributed by atoms with E-state index < -0.39 is 6.10 Å². The van der Waals surface area contributed by atoms with Gasteiger partial charge in [0.25, 0.3) is 0 Å². The van der Waals surface area contributed by atoms with E-state index in [2.05, 4.69) is 15.9 Å². The third-order valence-corrected chi connectivity index (χ3v) is 3.40. The quantitative estimate of drug-likeness (QED) is 0.748. The fraction of sp³-hybridized carbons (Fsp3) is 0.538. The van der Waals surface area contributed by atoms with Gasteiger partial charge in [-0.1, -0.05) is 12.1 Å². The Balaban J connectivity index is 2.31.